The van der Waals surface area contributed by atoms with Crippen molar-refractivity contribution in [2.45, 2.75) is 6.54 Å². The number of benzene rings is 1. The van der Waals surface area contributed by atoms with Gasteiger partial charge in [-0.05, 0) is 11.6 Å². The molecular weight excluding hydrogens is 174 g/mol. The first-order valence-electron chi connectivity index (χ1n) is 4.47. The van der Waals surface area contributed by atoms with E-state index in [2.05, 4.69) is 9.97 Å². The van der Waals surface area contributed by atoms with Crippen LogP contribution >= 0.6 is 0 Å². The van der Waals surface area contributed by atoms with E-state index in [9.17, 15) is 0 Å². The Bertz CT molecular complexity index is 412. The maximum Gasteiger partial charge on any atom is 0.159 e. The van der Waals surface area contributed by atoms with Gasteiger partial charge in [-0.15, -0.1) is 0 Å². The molecule has 1 heterocycles. The lowest BCUT2D eigenvalue weighted by Gasteiger charge is -2.04. The fourth-order valence-corrected chi connectivity index (χ4v) is 1.35. The van der Waals surface area contributed by atoms with Crippen LogP contribution in [-0.4, -0.2) is 9.97 Å². The highest BCUT2D eigenvalue weighted by molar-refractivity contribution is 5.59. The van der Waals surface area contributed by atoms with Gasteiger partial charge in [0.25, 0.3) is 0 Å². The number of hydrogen-bond acceptors (Lipinski definition) is 3. The Morgan fingerprint density at radius 2 is 1.71 bits per heavy atom. The Morgan fingerprint density at radius 1 is 1.00 bits per heavy atom. The maximum absolute atomic E-state index is 5.63. The molecule has 0 saturated carbocycles. The van der Waals surface area contributed by atoms with Crippen molar-refractivity contribution in [1.29, 1.82) is 0 Å². The second-order valence-corrected chi connectivity index (χ2v) is 2.93. The number of rotatable bonds is 2. The Kier molecular flexibility index (Phi) is 2.51. The van der Waals surface area contributed by atoms with Gasteiger partial charge in [0.05, 0.1) is 0 Å². The minimum absolute atomic E-state index is 0.508. The molecule has 0 bridgehead atoms. The average Bonchev–Trinajstić information content (AvgIpc) is 2.30. The summed E-state index contributed by atoms with van der Waals surface area (Å²) in [6.45, 7) is 0.508. The fourth-order valence-electron chi connectivity index (χ4n) is 1.35. The van der Waals surface area contributed by atoms with Crippen molar-refractivity contribution in [3.05, 3.63) is 48.3 Å². The predicted octanol–water partition coefficient (Wildman–Crippen LogP) is 1.60. The van der Waals surface area contributed by atoms with Crippen molar-refractivity contribution in [2.75, 3.05) is 0 Å². The molecule has 2 aromatic rings. The molecule has 1 aromatic carbocycles. The average molecular weight is 185 g/mol. The zero-order valence-electron chi connectivity index (χ0n) is 7.72. The van der Waals surface area contributed by atoms with Crippen molar-refractivity contribution < 1.29 is 0 Å². The molecular formula is C11H11N3. The van der Waals surface area contributed by atoms with Gasteiger partial charge in [0.15, 0.2) is 5.82 Å². The first kappa shape index (κ1) is 8.84. The molecule has 0 aliphatic heterocycles. The molecule has 3 heteroatoms. The summed E-state index contributed by atoms with van der Waals surface area (Å²) in [5, 5.41) is 0. The molecule has 1 aromatic heterocycles. The van der Waals surface area contributed by atoms with Crippen molar-refractivity contribution in [3.8, 4) is 11.4 Å². The monoisotopic (exact) mass is 185 g/mol. The molecule has 0 saturated heterocycles. The molecule has 0 amide bonds. The third-order valence-corrected chi connectivity index (χ3v) is 2.04. The summed E-state index contributed by atoms with van der Waals surface area (Å²) in [7, 11) is 0. The van der Waals surface area contributed by atoms with E-state index in [0.29, 0.717) is 6.54 Å². The van der Waals surface area contributed by atoms with Crippen LogP contribution in [0.5, 0.6) is 0 Å². The van der Waals surface area contributed by atoms with E-state index in [1.807, 2.05) is 24.3 Å². The van der Waals surface area contributed by atoms with Crippen LogP contribution in [0.3, 0.4) is 0 Å². The summed E-state index contributed by atoms with van der Waals surface area (Å²) in [6.07, 6.45) is 3.46. The summed E-state index contributed by atoms with van der Waals surface area (Å²) in [5.74, 6) is 0.730. The molecule has 0 aliphatic carbocycles. The van der Waals surface area contributed by atoms with Crippen molar-refractivity contribution in [1.82, 2.24) is 9.97 Å². The van der Waals surface area contributed by atoms with Gasteiger partial charge in [0, 0.05) is 24.5 Å². The summed E-state index contributed by atoms with van der Waals surface area (Å²) >= 11 is 0. The molecule has 2 N–H and O–H groups in total. The third-order valence-electron chi connectivity index (χ3n) is 2.04. The lowest BCUT2D eigenvalue weighted by Crippen LogP contribution is -2.00. The highest BCUT2D eigenvalue weighted by Crippen LogP contribution is 2.18. The molecule has 3 nitrogen and oxygen atoms in total. The molecule has 0 atom stereocenters. The second-order valence-electron chi connectivity index (χ2n) is 2.93. The van der Waals surface area contributed by atoms with Crippen LogP contribution in [0.15, 0.2) is 42.7 Å². The van der Waals surface area contributed by atoms with E-state index in [-0.39, 0.29) is 0 Å². The molecule has 0 unspecified atom stereocenters. The van der Waals surface area contributed by atoms with Crippen LogP contribution in [0.4, 0.5) is 0 Å². The van der Waals surface area contributed by atoms with Crippen molar-refractivity contribution >= 4 is 0 Å². The smallest absolute Gasteiger partial charge is 0.159 e. The van der Waals surface area contributed by atoms with E-state index in [1.165, 1.54) is 0 Å². The first-order valence-corrected chi connectivity index (χ1v) is 4.47. The summed E-state index contributed by atoms with van der Waals surface area (Å²) in [4.78, 5) is 8.38. The Labute approximate surface area is 82.6 Å². The first-order chi connectivity index (χ1) is 6.92. The minimum Gasteiger partial charge on any atom is -0.326 e. The van der Waals surface area contributed by atoms with E-state index in [1.54, 1.807) is 18.5 Å². The highest BCUT2D eigenvalue weighted by atomic mass is 14.9. The summed E-state index contributed by atoms with van der Waals surface area (Å²) in [5.41, 5.74) is 7.71. The number of nitrogens with zero attached hydrogens (tertiary/aromatic N) is 2. The Morgan fingerprint density at radius 3 is 2.43 bits per heavy atom. The van der Waals surface area contributed by atoms with Gasteiger partial charge >= 0.3 is 0 Å². The number of hydrogen-bond donors (Lipinski definition) is 1. The van der Waals surface area contributed by atoms with Crippen molar-refractivity contribution in [2.24, 2.45) is 5.73 Å². The SMILES string of the molecule is NCc1ccccc1-c1ncccn1. The quantitative estimate of drug-likeness (QED) is 0.773. The molecule has 70 valence electrons. The van der Waals surface area contributed by atoms with Gasteiger partial charge in [0.1, 0.15) is 0 Å². The van der Waals surface area contributed by atoms with Gasteiger partial charge in [0.2, 0.25) is 0 Å². The molecule has 0 aliphatic rings. The number of nitrogens with two attached hydrogens (primary N) is 1. The van der Waals surface area contributed by atoms with Gasteiger partial charge in [-0.2, -0.15) is 0 Å². The van der Waals surface area contributed by atoms with E-state index in [4.69, 9.17) is 5.73 Å². The topological polar surface area (TPSA) is 51.8 Å². The number of aromatic nitrogens is 2. The minimum atomic E-state index is 0.508. The standard InChI is InChI=1S/C11H11N3/c12-8-9-4-1-2-5-10(9)11-13-6-3-7-14-11/h1-7H,8,12H2. The maximum atomic E-state index is 5.63. The van der Waals surface area contributed by atoms with Crippen LogP contribution in [-0.2, 0) is 6.54 Å². The van der Waals surface area contributed by atoms with Crippen LogP contribution in [0.1, 0.15) is 5.56 Å². The van der Waals surface area contributed by atoms with Crippen molar-refractivity contribution in [3.63, 3.8) is 0 Å². The molecule has 14 heavy (non-hydrogen) atoms. The largest absolute Gasteiger partial charge is 0.326 e. The Hall–Kier alpha value is -1.74. The summed E-state index contributed by atoms with van der Waals surface area (Å²) in [6, 6.07) is 9.71. The zero-order valence-corrected chi connectivity index (χ0v) is 7.72. The van der Waals surface area contributed by atoms with Gasteiger partial charge < -0.3 is 5.73 Å². The van der Waals surface area contributed by atoms with E-state index >= 15 is 0 Å². The van der Waals surface area contributed by atoms with E-state index in [0.717, 1.165) is 17.0 Å². The predicted molar refractivity (Wildman–Crippen MR) is 55.4 cm³/mol. The second kappa shape index (κ2) is 3.98. The van der Waals surface area contributed by atoms with Crippen LogP contribution in [0.25, 0.3) is 11.4 Å². The van der Waals surface area contributed by atoms with Crippen LogP contribution in [0.2, 0.25) is 0 Å². The molecule has 0 fully saturated rings. The van der Waals surface area contributed by atoms with Gasteiger partial charge in [-0.25, -0.2) is 9.97 Å². The Balaban J connectivity index is 2.51. The highest BCUT2D eigenvalue weighted by Gasteiger charge is 2.03. The van der Waals surface area contributed by atoms with E-state index < -0.39 is 0 Å². The lowest BCUT2D eigenvalue weighted by atomic mass is 10.1. The van der Waals surface area contributed by atoms with Crippen LogP contribution in [0, 0.1) is 0 Å². The van der Waals surface area contributed by atoms with Crippen LogP contribution < -0.4 is 5.73 Å². The zero-order chi connectivity index (χ0) is 9.80. The summed E-state index contributed by atoms with van der Waals surface area (Å²) < 4.78 is 0. The van der Waals surface area contributed by atoms with Gasteiger partial charge in [-0.1, -0.05) is 24.3 Å². The fraction of sp³-hybridized carbons (Fsp3) is 0.0909. The molecule has 2 rings (SSSR count). The normalized spacial score (nSPS) is 10.1. The molecule has 0 spiro atoms. The van der Waals surface area contributed by atoms with Gasteiger partial charge in [-0.3, -0.25) is 0 Å². The lowest BCUT2D eigenvalue weighted by molar-refractivity contribution is 1.06. The molecule has 0 radical (unpaired) electrons. The third kappa shape index (κ3) is 1.63.